The quantitative estimate of drug-likeness (QED) is 0.188. The zero-order valence-corrected chi connectivity index (χ0v) is 22.9. The van der Waals surface area contributed by atoms with Gasteiger partial charge in [0.1, 0.15) is 23.5 Å². The molecule has 212 valence electrons. The van der Waals surface area contributed by atoms with Gasteiger partial charge in [0.15, 0.2) is 0 Å². The van der Waals surface area contributed by atoms with Crippen LogP contribution in [0.25, 0.3) is 10.9 Å². The van der Waals surface area contributed by atoms with E-state index < -0.39 is 29.9 Å². The highest BCUT2D eigenvalue weighted by molar-refractivity contribution is 6.01. The number of benzene rings is 1. The Morgan fingerprint density at radius 1 is 1.27 bits per heavy atom. The Balaban J connectivity index is 1.51. The number of aromatic amines is 2. The molecule has 0 saturated carbocycles. The van der Waals surface area contributed by atoms with Crippen LogP contribution in [-0.2, 0) is 16.1 Å². The third-order valence-corrected chi connectivity index (χ3v) is 7.07. The summed E-state index contributed by atoms with van der Waals surface area (Å²) in [4.78, 5) is 42.3. The lowest BCUT2D eigenvalue weighted by Crippen LogP contribution is -2.56. The summed E-state index contributed by atoms with van der Waals surface area (Å²) in [6.45, 7) is 4.84. The van der Waals surface area contributed by atoms with E-state index in [9.17, 15) is 19.6 Å². The summed E-state index contributed by atoms with van der Waals surface area (Å²) in [5.74, 6) is -0.522. The predicted molar refractivity (Wildman–Crippen MR) is 148 cm³/mol. The standard InChI is InChI=1S/C28H36N8O4/c1-16(2)9-22(36-28(39)23-11-19-20(34-23)5-4-6-25(19)40-3)27(38)35-21(10-18-7-8-30-26(18)37)24(12-29)31-13-17-14-32-33-15-17/h4-6,11,14-16,18,21-22,24,31,34H,7-10,13H2,1-3H3,(H,30,37)(H,32,33)(H,35,38)(H,36,39). The highest BCUT2D eigenvalue weighted by Gasteiger charge is 2.34. The van der Waals surface area contributed by atoms with Crippen LogP contribution in [0.1, 0.15) is 49.2 Å². The van der Waals surface area contributed by atoms with Crippen molar-refractivity contribution >= 4 is 28.6 Å². The van der Waals surface area contributed by atoms with Crippen molar-refractivity contribution in [3.63, 3.8) is 0 Å². The average Bonchev–Trinajstić information content (AvgIpc) is 3.69. The molecule has 1 saturated heterocycles. The Labute approximate surface area is 232 Å². The average molecular weight is 549 g/mol. The highest BCUT2D eigenvalue weighted by Crippen LogP contribution is 2.26. The van der Waals surface area contributed by atoms with E-state index in [2.05, 4.69) is 42.5 Å². The third-order valence-electron chi connectivity index (χ3n) is 7.07. The molecular weight excluding hydrogens is 512 g/mol. The number of methoxy groups -OCH3 is 1. The number of nitriles is 1. The van der Waals surface area contributed by atoms with Gasteiger partial charge in [0.25, 0.3) is 5.91 Å². The molecule has 4 unspecified atom stereocenters. The van der Waals surface area contributed by atoms with Gasteiger partial charge in [-0.15, -0.1) is 0 Å². The van der Waals surface area contributed by atoms with Gasteiger partial charge < -0.3 is 25.7 Å². The van der Waals surface area contributed by atoms with Crippen LogP contribution in [0, 0.1) is 23.2 Å². The fourth-order valence-corrected chi connectivity index (χ4v) is 4.98. The number of fused-ring (bicyclic) bond motifs is 1. The second-order valence-electron chi connectivity index (χ2n) is 10.5. The maximum absolute atomic E-state index is 13.6. The normalized spacial score (nSPS) is 17.2. The monoisotopic (exact) mass is 548 g/mol. The van der Waals surface area contributed by atoms with Crippen LogP contribution in [0.15, 0.2) is 36.7 Å². The summed E-state index contributed by atoms with van der Waals surface area (Å²) in [5.41, 5.74) is 1.89. The Kier molecular flexibility index (Phi) is 9.39. The lowest BCUT2D eigenvalue weighted by Gasteiger charge is -2.28. The van der Waals surface area contributed by atoms with Crippen LogP contribution in [0.2, 0.25) is 0 Å². The van der Waals surface area contributed by atoms with E-state index in [1.54, 1.807) is 25.6 Å². The van der Waals surface area contributed by atoms with E-state index in [1.807, 2.05) is 32.0 Å². The zero-order chi connectivity index (χ0) is 28.6. The third kappa shape index (κ3) is 6.98. The summed E-state index contributed by atoms with van der Waals surface area (Å²) >= 11 is 0. The number of nitrogens with one attached hydrogen (secondary N) is 6. The minimum absolute atomic E-state index is 0.0907. The number of aromatic nitrogens is 3. The lowest BCUT2D eigenvalue weighted by atomic mass is 9.93. The van der Waals surface area contributed by atoms with Gasteiger partial charge in [-0.05, 0) is 43.4 Å². The number of H-pyrrole nitrogens is 2. The Morgan fingerprint density at radius 3 is 2.75 bits per heavy atom. The molecule has 2 aromatic heterocycles. The summed E-state index contributed by atoms with van der Waals surface area (Å²) in [6.07, 6.45) is 4.66. The number of carbonyl (C=O) groups excluding carboxylic acids is 3. The van der Waals surface area contributed by atoms with Gasteiger partial charge in [-0.3, -0.25) is 24.8 Å². The zero-order valence-electron chi connectivity index (χ0n) is 22.9. The number of nitrogens with zero attached hydrogens (tertiary/aromatic N) is 2. The molecule has 12 nitrogen and oxygen atoms in total. The Morgan fingerprint density at radius 2 is 2.10 bits per heavy atom. The number of amides is 3. The smallest absolute Gasteiger partial charge is 0.268 e. The minimum atomic E-state index is -0.853. The van der Waals surface area contributed by atoms with Crippen molar-refractivity contribution in [1.82, 2.24) is 36.4 Å². The molecule has 1 aromatic carbocycles. The largest absolute Gasteiger partial charge is 0.496 e. The first-order valence-electron chi connectivity index (χ1n) is 13.4. The van der Waals surface area contributed by atoms with E-state index in [4.69, 9.17) is 4.74 Å². The Bertz CT molecular complexity index is 1360. The van der Waals surface area contributed by atoms with Crippen LogP contribution in [0.5, 0.6) is 5.75 Å². The summed E-state index contributed by atoms with van der Waals surface area (Å²) in [5, 5.41) is 29.2. The molecule has 4 rings (SSSR count). The van der Waals surface area contributed by atoms with E-state index in [-0.39, 0.29) is 17.7 Å². The molecule has 0 bridgehead atoms. The number of hydrogen-bond acceptors (Lipinski definition) is 7. The lowest BCUT2D eigenvalue weighted by molar-refractivity contribution is -0.126. The molecule has 1 fully saturated rings. The van der Waals surface area contributed by atoms with Crippen molar-refractivity contribution in [3.05, 3.63) is 47.9 Å². The summed E-state index contributed by atoms with van der Waals surface area (Å²) in [7, 11) is 1.56. The first kappa shape index (κ1) is 28.6. The molecule has 40 heavy (non-hydrogen) atoms. The first-order chi connectivity index (χ1) is 19.3. The molecular formula is C28H36N8O4. The van der Waals surface area contributed by atoms with Crippen molar-refractivity contribution in [2.45, 2.75) is 57.8 Å². The molecule has 0 spiro atoms. The van der Waals surface area contributed by atoms with Gasteiger partial charge in [-0.2, -0.15) is 10.4 Å². The number of carbonyl (C=O) groups is 3. The van der Waals surface area contributed by atoms with E-state index in [0.29, 0.717) is 43.8 Å². The van der Waals surface area contributed by atoms with Crippen molar-refractivity contribution in [2.24, 2.45) is 11.8 Å². The molecule has 3 heterocycles. The second kappa shape index (κ2) is 13.1. The molecule has 0 radical (unpaired) electrons. The second-order valence-corrected chi connectivity index (χ2v) is 10.5. The SMILES string of the molecule is COc1cccc2[nH]c(C(=O)NC(CC(C)C)C(=O)NC(CC3CCNC3=O)C(C#N)NCc3cn[nH]c3)cc12. The Hall–Kier alpha value is -4.37. The molecule has 0 aliphatic carbocycles. The topological polar surface area (TPSA) is 177 Å². The molecule has 12 heteroatoms. The van der Waals surface area contributed by atoms with Crippen LogP contribution >= 0.6 is 0 Å². The molecule has 3 amide bonds. The fourth-order valence-electron chi connectivity index (χ4n) is 4.98. The van der Waals surface area contributed by atoms with Crippen molar-refractivity contribution in [2.75, 3.05) is 13.7 Å². The van der Waals surface area contributed by atoms with Crippen LogP contribution in [0.3, 0.4) is 0 Å². The van der Waals surface area contributed by atoms with E-state index in [1.165, 1.54) is 0 Å². The molecule has 1 aliphatic heterocycles. The van der Waals surface area contributed by atoms with E-state index in [0.717, 1.165) is 16.5 Å². The van der Waals surface area contributed by atoms with Crippen molar-refractivity contribution in [3.8, 4) is 11.8 Å². The summed E-state index contributed by atoms with van der Waals surface area (Å²) < 4.78 is 5.39. The van der Waals surface area contributed by atoms with Crippen molar-refractivity contribution < 1.29 is 19.1 Å². The summed E-state index contributed by atoms with van der Waals surface area (Å²) in [6, 6.07) is 7.12. The van der Waals surface area contributed by atoms with Crippen LogP contribution < -0.4 is 26.0 Å². The van der Waals surface area contributed by atoms with Gasteiger partial charge >= 0.3 is 0 Å². The maximum atomic E-state index is 13.6. The van der Waals surface area contributed by atoms with Gasteiger partial charge in [0.05, 0.1) is 25.4 Å². The van der Waals surface area contributed by atoms with E-state index >= 15 is 0 Å². The van der Waals surface area contributed by atoms with Crippen LogP contribution in [0.4, 0.5) is 0 Å². The molecule has 1 aliphatic rings. The molecule has 4 atom stereocenters. The molecule has 3 aromatic rings. The predicted octanol–water partition coefficient (Wildman–Crippen LogP) is 1.74. The van der Waals surface area contributed by atoms with Gasteiger partial charge in [0.2, 0.25) is 11.8 Å². The fraction of sp³-hybridized carbons (Fsp3) is 0.464. The van der Waals surface area contributed by atoms with Gasteiger partial charge in [-0.25, -0.2) is 0 Å². The molecule has 6 N–H and O–H groups in total. The number of hydrogen-bond donors (Lipinski definition) is 6. The van der Waals surface area contributed by atoms with Gasteiger partial charge in [0, 0.05) is 41.7 Å². The maximum Gasteiger partial charge on any atom is 0.268 e. The minimum Gasteiger partial charge on any atom is -0.496 e. The number of rotatable bonds is 13. The van der Waals surface area contributed by atoms with Gasteiger partial charge in [-0.1, -0.05) is 19.9 Å². The van der Waals surface area contributed by atoms with Crippen molar-refractivity contribution in [1.29, 1.82) is 5.26 Å². The number of ether oxygens (including phenoxy) is 1. The van der Waals surface area contributed by atoms with Crippen LogP contribution in [-0.4, -0.2) is 64.7 Å². The first-order valence-corrected chi connectivity index (χ1v) is 13.4. The highest BCUT2D eigenvalue weighted by atomic mass is 16.5.